The number of aryl methyl sites for hydroxylation is 1. The maximum atomic E-state index is 11.4. The van der Waals surface area contributed by atoms with Gasteiger partial charge in [-0.2, -0.15) is 0 Å². The van der Waals surface area contributed by atoms with Gasteiger partial charge in [0.25, 0.3) is 0 Å². The van der Waals surface area contributed by atoms with Crippen LogP contribution in [0.4, 0.5) is 0 Å². The van der Waals surface area contributed by atoms with Crippen molar-refractivity contribution in [3.8, 4) is 0 Å². The molecular weight excluding hydrogens is 232 g/mol. The number of carbonyl (C=O) groups is 2. The average molecular weight is 250 g/mol. The second-order valence-electron chi connectivity index (χ2n) is 4.17. The molecule has 5 heteroatoms. The van der Waals surface area contributed by atoms with Crippen LogP contribution in [0.1, 0.15) is 18.1 Å². The summed E-state index contributed by atoms with van der Waals surface area (Å²) in [5.41, 5.74) is 2.02. The maximum Gasteiger partial charge on any atom is 0.309 e. The zero-order valence-corrected chi connectivity index (χ0v) is 10.6. The number of hydrogen-bond donors (Lipinski definition) is 3. The largest absolute Gasteiger partial charge is 0.392 e. The Morgan fingerprint density at radius 2 is 1.83 bits per heavy atom. The van der Waals surface area contributed by atoms with Crippen molar-refractivity contribution in [3.05, 3.63) is 35.4 Å². The zero-order valence-electron chi connectivity index (χ0n) is 10.6. The highest BCUT2D eigenvalue weighted by molar-refractivity contribution is 6.35. The predicted octanol–water partition coefficient (Wildman–Crippen LogP) is 0.108. The van der Waals surface area contributed by atoms with Crippen molar-refractivity contribution < 1.29 is 14.7 Å². The highest BCUT2D eigenvalue weighted by Gasteiger charge is 2.13. The van der Waals surface area contributed by atoms with E-state index in [1.54, 1.807) is 0 Å². The van der Waals surface area contributed by atoms with Gasteiger partial charge in [-0.3, -0.25) is 9.59 Å². The monoisotopic (exact) mass is 250 g/mol. The van der Waals surface area contributed by atoms with Crippen LogP contribution >= 0.6 is 0 Å². The molecule has 0 heterocycles. The number of aliphatic hydroxyl groups excluding tert-OH is 1. The molecule has 3 N–H and O–H groups in total. The van der Waals surface area contributed by atoms with E-state index in [9.17, 15) is 9.59 Å². The summed E-state index contributed by atoms with van der Waals surface area (Å²) in [4.78, 5) is 22.8. The molecule has 0 saturated heterocycles. The van der Waals surface area contributed by atoms with Crippen molar-refractivity contribution in [2.24, 2.45) is 0 Å². The molecule has 0 unspecified atom stereocenters. The maximum absolute atomic E-state index is 11.4. The van der Waals surface area contributed by atoms with Crippen molar-refractivity contribution in [3.63, 3.8) is 0 Å². The van der Waals surface area contributed by atoms with Gasteiger partial charge in [0.15, 0.2) is 0 Å². The van der Waals surface area contributed by atoms with Crippen LogP contribution in [0.2, 0.25) is 0 Å². The number of carbonyl (C=O) groups excluding carboxylic acids is 2. The van der Waals surface area contributed by atoms with Crippen LogP contribution in [-0.2, 0) is 16.1 Å². The quantitative estimate of drug-likeness (QED) is 0.664. The fourth-order valence-electron chi connectivity index (χ4n) is 1.38. The Bertz CT molecular complexity index is 430. The third-order valence-electron chi connectivity index (χ3n) is 2.46. The first-order chi connectivity index (χ1) is 8.50. The van der Waals surface area contributed by atoms with Gasteiger partial charge in [0, 0.05) is 13.1 Å². The lowest BCUT2D eigenvalue weighted by Gasteiger charge is -2.09. The standard InChI is InChI=1S/C13H18N2O3/c1-9-5-3-4-6-11(9)8-15-13(18)12(17)14-7-10(2)16/h3-6,10,16H,7-8H2,1-2H3,(H,14,17)(H,15,18)/t10-/m0/s1. The second kappa shape index (κ2) is 6.76. The Morgan fingerprint density at radius 3 is 2.44 bits per heavy atom. The summed E-state index contributed by atoms with van der Waals surface area (Å²) in [6.45, 7) is 3.85. The van der Waals surface area contributed by atoms with E-state index in [0.29, 0.717) is 6.54 Å². The Kier molecular flexibility index (Phi) is 5.32. The molecule has 98 valence electrons. The van der Waals surface area contributed by atoms with Crippen LogP contribution in [0.15, 0.2) is 24.3 Å². The van der Waals surface area contributed by atoms with Gasteiger partial charge in [0.2, 0.25) is 0 Å². The Balaban J connectivity index is 2.42. The molecule has 0 aliphatic carbocycles. The molecule has 5 nitrogen and oxygen atoms in total. The van der Waals surface area contributed by atoms with Gasteiger partial charge in [-0.25, -0.2) is 0 Å². The SMILES string of the molecule is Cc1ccccc1CNC(=O)C(=O)NC[C@H](C)O. The van der Waals surface area contributed by atoms with Crippen molar-refractivity contribution >= 4 is 11.8 Å². The second-order valence-corrected chi connectivity index (χ2v) is 4.17. The summed E-state index contributed by atoms with van der Waals surface area (Å²) in [5.74, 6) is -1.43. The smallest absolute Gasteiger partial charge is 0.309 e. The summed E-state index contributed by atoms with van der Waals surface area (Å²) in [7, 11) is 0. The lowest BCUT2D eigenvalue weighted by molar-refractivity contribution is -0.139. The number of hydrogen-bond acceptors (Lipinski definition) is 3. The lowest BCUT2D eigenvalue weighted by atomic mass is 10.1. The molecule has 1 atom stereocenters. The highest BCUT2D eigenvalue weighted by atomic mass is 16.3. The molecule has 0 bridgehead atoms. The molecule has 0 radical (unpaired) electrons. The highest BCUT2D eigenvalue weighted by Crippen LogP contribution is 2.05. The first-order valence-electron chi connectivity index (χ1n) is 5.79. The van der Waals surface area contributed by atoms with E-state index < -0.39 is 17.9 Å². The number of amides is 2. The van der Waals surface area contributed by atoms with Crippen molar-refractivity contribution in [2.45, 2.75) is 26.5 Å². The number of benzene rings is 1. The summed E-state index contributed by atoms with van der Waals surface area (Å²) in [5, 5.41) is 13.8. The molecule has 1 aromatic carbocycles. The topological polar surface area (TPSA) is 78.4 Å². The number of rotatable bonds is 4. The summed E-state index contributed by atoms with van der Waals surface area (Å²) in [6.07, 6.45) is -0.668. The Hall–Kier alpha value is -1.88. The van der Waals surface area contributed by atoms with Crippen molar-refractivity contribution in [1.82, 2.24) is 10.6 Å². The summed E-state index contributed by atoms with van der Waals surface area (Å²) in [6, 6.07) is 7.62. The van der Waals surface area contributed by atoms with Gasteiger partial charge in [0.1, 0.15) is 0 Å². The zero-order chi connectivity index (χ0) is 13.5. The molecule has 0 aliphatic rings. The minimum absolute atomic E-state index is 0.0661. The third kappa shape index (κ3) is 4.55. The fourth-order valence-corrected chi connectivity index (χ4v) is 1.38. The average Bonchev–Trinajstić information content (AvgIpc) is 2.34. The van der Waals surface area contributed by atoms with Gasteiger partial charge in [-0.05, 0) is 25.0 Å². The van der Waals surface area contributed by atoms with Crippen LogP contribution in [0.25, 0.3) is 0 Å². The molecular formula is C13H18N2O3. The fraction of sp³-hybridized carbons (Fsp3) is 0.385. The van der Waals surface area contributed by atoms with Crippen LogP contribution in [0.3, 0.4) is 0 Å². The molecule has 0 aliphatic heterocycles. The van der Waals surface area contributed by atoms with Crippen LogP contribution < -0.4 is 10.6 Å². The molecule has 1 rings (SSSR count). The van der Waals surface area contributed by atoms with Gasteiger partial charge in [-0.1, -0.05) is 24.3 Å². The van der Waals surface area contributed by atoms with Crippen molar-refractivity contribution in [2.75, 3.05) is 6.54 Å². The van der Waals surface area contributed by atoms with E-state index in [1.807, 2.05) is 31.2 Å². The number of nitrogens with one attached hydrogen (secondary N) is 2. The van der Waals surface area contributed by atoms with E-state index in [2.05, 4.69) is 10.6 Å². The van der Waals surface area contributed by atoms with E-state index in [4.69, 9.17) is 5.11 Å². The minimum atomic E-state index is -0.732. The van der Waals surface area contributed by atoms with E-state index >= 15 is 0 Å². The summed E-state index contributed by atoms with van der Waals surface area (Å²) < 4.78 is 0. The van der Waals surface area contributed by atoms with Gasteiger partial charge in [-0.15, -0.1) is 0 Å². The predicted molar refractivity (Wildman–Crippen MR) is 67.7 cm³/mol. The first-order valence-corrected chi connectivity index (χ1v) is 5.79. The van der Waals surface area contributed by atoms with E-state index in [0.717, 1.165) is 11.1 Å². The minimum Gasteiger partial charge on any atom is -0.392 e. The van der Waals surface area contributed by atoms with E-state index in [-0.39, 0.29) is 6.54 Å². The molecule has 2 amide bonds. The van der Waals surface area contributed by atoms with Gasteiger partial charge < -0.3 is 15.7 Å². The third-order valence-corrected chi connectivity index (χ3v) is 2.46. The first kappa shape index (κ1) is 14.2. The molecule has 18 heavy (non-hydrogen) atoms. The van der Waals surface area contributed by atoms with Crippen LogP contribution in [0.5, 0.6) is 0 Å². The lowest BCUT2D eigenvalue weighted by Crippen LogP contribution is -2.42. The van der Waals surface area contributed by atoms with Gasteiger partial charge in [0.05, 0.1) is 6.10 Å². The normalized spacial score (nSPS) is 11.7. The van der Waals surface area contributed by atoms with Crippen LogP contribution in [0, 0.1) is 6.92 Å². The van der Waals surface area contributed by atoms with Crippen LogP contribution in [-0.4, -0.2) is 29.6 Å². The number of aliphatic hydroxyl groups is 1. The summed E-state index contributed by atoms with van der Waals surface area (Å²) >= 11 is 0. The van der Waals surface area contributed by atoms with Crippen molar-refractivity contribution in [1.29, 1.82) is 0 Å². The Morgan fingerprint density at radius 1 is 1.22 bits per heavy atom. The molecule has 1 aromatic rings. The van der Waals surface area contributed by atoms with Gasteiger partial charge >= 0.3 is 11.8 Å². The van der Waals surface area contributed by atoms with E-state index in [1.165, 1.54) is 6.92 Å². The molecule has 0 fully saturated rings. The molecule has 0 spiro atoms. The molecule has 0 saturated carbocycles. The molecule has 0 aromatic heterocycles. The Labute approximate surface area is 106 Å².